The number of carboxylic acids is 2. The molecule has 0 fully saturated rings. The third-order valence-corrected chi connectivity index (χ3v) is 4.99. The van der Waals surface area contributed by atoms with E-state index < -0.39 is 30.0 Å². The van der Waals surface area contributed by atoms with Crippen LogP contribution in [0.25, 0.3) is 10.4 Å². The van der Waals surface area contributed by atoms with Gasteiger partial charge in [-0.25, -0.2) is 14.3 Å². The Morgan fingerprint density at radius 1 is 1.20 bits per heavy atom. The maximum absolute atomic E-state index is 12.4. The number of ether oxygens (including phenoxy) is 1. The summed E-state index contributed by atoms with van der Waals surface area (Å²) in [5.74, 6) is -3.51. The van der Waals surface area contributed by atoms with Gasteiger partial charge in [0, 0.05) is 36.1 Å². The van der Waals surface area contributed by atoms with Gasteiger partial charge in [-0.15, -0.1) is 5.10 Å². The fourth-order valence-corrected chi connectivity index (χ4v) is 3.23. The summed E-state index contributed by atoms with van der Waals surface area (Å²) in [6, 6.07) is 4.63. The van der Waals surface area contributed by atoms with Crippen molar-refractivity contribution >= 4 is 29.5 Å². The number of hydrogen-bond donors (Lipinski definition) is 3. The fraction of sp³-hybridized carbons (Fsp3) is 0.429. The first-order valence-electron chi connectivity index (χ1n) is 10.6. The van der Waals surface area contributed by atoms with Gasteiger partial charge in [0.15, 0.2) is 6.04 Å². The van der Waals surface area contributed by atoms with Crippen molar-refractivity contribution in [3.05, 3.63) is 52.2 Å². The zero-order chi connectivity index (χ0) is 25.8. The van der Waals surface area contributed by atoms with Crippen LogP contribution in [0.4, 0.5) is 5.69 Å². The summed E-state index contributed by atoms with van der Waals surface area (Å²) in [5, 5.41) is 31.8. The molecule has 0 saturated carbocycles. The lowest BCUT2D eigenvalue weighted by molar-refractivity contribution is -0.145. The lowest BCUT2D eigenvalue weighted by Gasteiger charge is -2.15. The number of nitrogens with one attached hydrogen (secondary N) is 1. The molecule has 0 aliphatic rings. The number of aromatic nitrogens is 3. The molecule has 2 unspecified atom stereocenters. The van der Waals surface area contributed by atoms with E-state index in [-0.39, 0.29) is 37.3 Å². The van der Waals surface area contributed by atoms with Crippen LogP contribution < -0.4 is 5.32 Å². The fourth-order valence-electron chi connectivity index (χ4n) is 3.23. The molecule has 2 atom stereocenters. The van der Waals surface area contributed by atoms with Crippen LogP contribution in [-0.2, 0) is 36.8 Å². The number of nitrogens with zero attached hydrogens (tertiary/aromatic N) is 6. The van der Waals surface area contributed by atoms with E-state index in [2.05, 4.69) is 25.7 Å². The first-order chi connectivity index (χ1) is 16.7. The zero-order valence-corrected chi connectivity index (χ0v) is 18.9. The smallest absolute Gasteiger partial charge is 0.328 e. The van der Waals surface area contributed by atoms with Crippen molar-refractivity contribution in [2.75, 3.05) is 7.11 Å². The van der Waals surface area contributed by atoms with Gasteiger partial charge >= 0.3 is 17.9 Å². The van der Waals surface area contributed by atoms with E-state index >= 15 is 0 Å². The Morgan fingerprint density at radius 2 is 1.91 bits per heavy atom. The number of amides is 1. The Balaban J connectivity index is 1.95. The topological polar surface area (TPSA) is 209 Å². The van der Waals surface area contributed by atoms with Gasteiger partial charge in [-0.2, -0.15) is 0 Å². The minimum absolute atomic E-state index is 0.0927. The number of hydrogen-bond acceptors (Lipinski definition) is 8. The van der Waals surface area contributed by atoms with Crippen LogP contribution in [0.5, 0.6) is 0 Å². The Kier molecular flexibility index (Phi) is 10.2. The number of benzene rings is 1. The number of carbonyl (C=O) groups excluding carboxylic acids is 2. The summed E-state index contributed by atoms with van der Waals surface area (Å²) in [7, 11) is 1.17. The van der Waals surface area contributed by atoms with Crippen molar-refractivity contribution in [1.29, 1.82) is 0 Å². The summed E-state index contributed by atoms with van der Waals surface area (Å²) in [4.78, 5) is 49.5. The molecule has 0 radical (unpaired) electrons. The first-order valence-corrected chi connectivity index (χ1v) is 10.6. The highest BCUT2D eigenvalue weighted by atomic mass is 16.5. The maximum atomic E-state index is 12.4. The predicted molar refractivity (Wildman–Crippen MR) is 119 cm³/mol. The zero-order valence-electron chi connectivity index (χ0n) is 18.9. The van der Waals surface area contributed by atoms with Crippen molar-refractivity contribution in [1.82, 2.24) is 20.3 Å². The highest BCUT2D eigenvalue weighted by Gasteiger charge is 2.26. The molecule has 0 saturated heterocycles. The molecule has 1 aromatic carbocycles. The second kappa shape index (κ2) is 13.3. The molecule has 0 spiro atoms. The molecule has 2 rings (SSSR count). The average Bonchev–Trinajstić information content (AvgIpc) is 3.27. The third-order valence-electron chi connectivity index (χ3n) is 4.99. The van der Waals surface area contributed by atoms with E-state index in [9.17, 15) is 24.3 Å². The van der Waals surface area contributed by atoms with Crippen LogP contribution >= 0.6 is 0 Å². The lowest BCUT2D eigenvalue weighted by Crippen LogP contribution is -2.43. The van der Waals surface area contributed by atoms with E-state index in [1.807, 2.05) is 0 Å². The normalized spacial score (nSPS) is 12.1. The number of aryl methyl sites for hydroxylation is 1. The number of rotatable bonds is 14. The van der Waals surface area contributed by atoms with Gasteiger partial charge in [0.2, 0.25) is 5.91 Å². The highest BCUT2D eigenvalue weighted by molar-refractivity contribution is 5.84. The van der Waals surface area contributed by atoms with Gasteiger partial charge in [-0.1, -0.05) is 34.6 Å². The largest absolute Gasteiger partial charge is 0.481 e. The van der Waals surface area contributed by atoms with Crippen LogP contribution in [0.3, 0.4) is 0 Å². The van der Waals surface area contributed by atoms with E-state index in [1.165, 1.54) is 13.3 Å². The third kappa shape index (κ3) is 8.78. The molecule has 0 bridgehead atoms. The molecule has 14 heteroatoms. The van der Waals surface area contributed by atoms with Crippen molar-refractivity contribution in [3.63, 3.8) is 0 Å². The van der Waals surface area contributed by atoms with Crippen LogP contribution in [0.1, 0.15) is 43.0 Å². The van der Waals surface area contributed by atoms with E-state index in [0.29, 0.717) is 18.5 Å². The second-order valence-electron chi connectivity index (χ2n) is 7.53. The summed E-state index contributed by atoms with van der Waals surface area (Å²) in [6.45, 7) is 0. The monoisotopic (exact) mass is 487 g/mol. The number of carboxylic acid groups (broad SMARTS) is 2. The second-order valence-corrected chi connectivity index (χ2v) is 7.53. The summed E-state index contributed by atoms with van der Waals surface area (Å²) in [5.41, 5.74) is 10.1. The number of aliphatic carboxylic acids is 2. The average molecular weight is 487 g/mol. The molecule has 3 N–H and O–H groups in total. The first kappa shape index (κ1) is 26.8. The Hall–Kier alpha value is -4.45. The standard InChI is InChI=1S/C21H25N7O7/c1-35-21(34)16(11-15-12-28(27-25-15)17(20(32)33)9-10-19(30)31)23-18(29)4-2-3-13-5-7-14(8-6-13)24-26-22/h5-8,12,16-17H,2-4,9-11H2,1H3,(H,23,29)(H,30,31)(H,32,33). The number of carbonyl (C=O) groups is 4. The molecular formula is C21H25N7O7. The highest BCUT2D eigenvalue weighted by Crippen LogP contribution is 2.16. The predicted octanol–water partition coefficient (Wildman–Crippen LogP) is 1.93. The molecule has 0 aliphatic carbocycles. The van der Waals surface area contributed by atoms with Crippen LogP contribution in [0.2, 0.25) is 0 Å². The van der Waals surface area contributed by atoms with E-state index in [1.54, 1.807) is 24.3 Å². The molecule has 1 heterocycles. The minimum Gasteiger partial charge on any atom is -0.481 e. The Bertz CT molecular complexity index is 1090. The lowest BCUT2D eigenvalue weighted by atomic mass is 10.1. The van der Waals surface area contributed by atoms with Gasteiger partial charge in [-0.05, 0) is 30.4 Å². The van der Waals surface area contributed by atoms with Crippen LogP contribution in [-0.4, -0.2) is 62.2 Å². The minimum atomic E-state index is -1.27. The van der Waals surface area contributed by atoms with Gasteiger partial charge < -0.3 is 20.3 Å². The Labute approximate surface area is 199 Å². The van der Waals surface area contributed by atoms with Crippen molar-refractivity contribution in [2.45, 2.75) is 50.6 Å². The summed E-state index contributed by atoms with van der Waals surface area (Å²) in [6.07, 6.45) is 1.86. The summed E-state index contributed by atoms with van der Waals surface area (Å²) >= 11 is 0. The number of azide groups is 1. The molecule has 14 nitrogen and oxygen atoms in total. The molecular weight excluding hydrogens is 462 g/mol. The molecule has 1 amide bonds. The van der Waals surface area contributed by atoms with Gasteiger partial charge in [0.05, 0.1) is 12.8 Å². The molecule has 35 heavy (non-hydrogen) atoms. The van der Waals surface area contributed by atoms with Crippen LogP contribution in [0, 0.1) is 0 Å². The maximum Gasteiger partial charge on any atom is 0.328 e. The van der Waals surface area contributed by atoms with Crippen LogP contribution in [0.15, 0.2) is 35.6 Å². The molecule has 1 aromatic heterocycles. The molecule has 0 aliphatic heterocycles. The SMILES string of the molecule is COC(=O)C(Cc1cn(C(CCC(=O)O)C(=O)O)nn1)NC(=O)CCCc1ccc(N=[N+]=[N-])cc1. The number of esters is 1. The van der Waals surface area contributed by atoms with E-state index in [0.717, 1.165) is 10.2 Å². The van der Waals surface area contributed by atoms with Gasteiger partial charge in [0.25, 0.3) is 0 Å². The quantitative estimate of drug-likeness (QED) is 0.153. The molecule has 2 aromatic rings. The van der Waals surface area contributed by atoms with E-state index in [4.69, 9.17) is 15.4 Å². The van der Waals surface area contributed by atoms with Crippen molar-refractivity contribution in [2.24, 2.45) is 5.11 Å². The van der Waals surface area contributed by atoms with Gasteiger partial charge in [0.1, 0.15) is 6.04 Å². The van der Waals surface area contributed by atoms with Gasteiger partial charge in [-0.3, -0.25) is 9.59 Å². The number of methoxy groups -OCH3 is 1. The Morgan fingerprint density at radius 3 is 2.51 bits per heavy atom. The van der Waals surface area contributed by atoms with Crippen molar-refractivity contribution < 1.29 is 34.1 Å². The van der Waals surface area contributed by atoms with Crippen molar-refractivity contribution in [3.8, 4) is 0 Å². The molecule has 186 valence electrons. The summed E-state index contributed by atoms with van der Waals surface area (Å²) < 4.78 is 5.76.